The van der Waals surface area contributed by atoms with Crippen LogP contribution in [0.5, 0.6) is 0 Å². The second-order valence-corrected chi connectivity index (χ2v) is 4.19. The molecule has 0 saturated carbocycles. The van der Waals surface area contributed by atoms with E-state index in [0.717, 1.165) is 4.90 Å². The zero-order valence-electron chi connectivity index (χ0n) is 6.99. The topological polar surface area (TPSA) is 118 Å². The largest absolute Gasteiger partial charge is 0.480 e. The molecule has 0 aliphatic heterocycles. The van der Waals surface area contributed by atoms with Gasteiger partial charge in [0.05, 0.1) is 6.54 Å². The fraction of sp³-hybridized carbons (Fsp3) is 0.800. The molecule has 0 aliphatic carbocycles. The summed E-state index contributed by atoms with van der Waals surface area (Å²) in [5, 5.41) is 17.3. The minimum atomic E-state index is -4.33. The van der Waals surface area contributed by atoms with Crippen LogP contribution < -0.4 is 0 Å². The van der Waals surface area contributed by atoms with Crippen LogP contribution in [0.3, 0.4) is 0 Å². The molecule has 0 aromatic heterocycles. The Hall–Kier alpha value is -0.460. The Bertz CT molecular complexity index is 223. The van der Waals surface area contributed by atoms with E-state index in [9.17, 15) is 9.36 Å². The van der Waals surface area contributed by atoms with Gasteiger partial charge in [0.1, 0.15) is 12.5 Å². The van der Waals surface area contributed by atoms with Crippen LogP contribution in [0.15, 0.2) is 0 Å². The Balaban J connectivity index is 4.27. The molecule has 0 aliphatic rings. The summed E-state index contributed by atoms with van der Waals surface area (Å²) >= 11 is 0. The second-order valence-electron chi connectivity index (χ2n) is 2.58. The third kappa shape index (κ3) is 6.68. The van der Waals surface area contributed by atoms with E-state index in [4.69, 9.17) is 20.0 Å². The summed E-state index contributed by atoms with van der Waals surface area (Å²) in [7, 11) is -4.33. The summed E-state index contributed by atoms with van der Waals surface area (Å²) in [5.41, 5.74) is 0. The molecule has 0 amide bonds. The number of aliphatic hydroxyl groups excluding tert-OH is 1. The number of aliphatic carboxylic acids is 1. The maximum Gasteiger partial charge on any atom is 0.339 e. The average molecular weight is 213 g/mol. The molecule has 8 heteroatoms. The third-order valence-electron chi connectivity index (χ3n) is 1.23. The van der Waals surface area contributed by atoms with Crippen molar-refractivity contribution in [2.24, 2.45) is 0 Å². The van der Waals surface area contributed by atoms with Gasteiger partial charge in [0.15, 0.2) is 0 Å². The number of rotatable bonds is 5. The minimum Gasteiger partial charge on any atom is -0.480 e. The highest BCUT2D eigenvalue weighted by Gasteiger charge is 2.23. The van der Waals surface area contributed by atoms with Gasteiger partial charge in [-0.1, -0.05) is 0 Å². The van der Waals surface area contributed by atoms with Gasteiger partial charge >= 0.3 is 13.6 Å². The van der Waals surface area contributed by atoms with Gasteiger partial charge in [0, 0.05) is 0 Å². The monoisotopic (exact) mass is 213 g/mol. The van der Waals surface area contributed by atoms with Gasteiger partial charge in [-0.2, -0.15) is 0 Å². The maximum atomic E-state index is 10.5. The van der Waals surface area contributed by atoms with Gasteiger partial charge in [-0.3, -0.25) is 14.3 Å². The number of carboxylic acid groups (broad SMARTS) is 1. The molecule has 13 heavy (non-hydrogen) atoms. The number of nitrogens with zero attached hydrogens (tertiary/aromatic N) is 1. The van der Waals surface area contributed by atoms with Gasteiger partial charge in [-0.05, 0) is 6.92 Å². The second kappa shape index (κ2) is 4.69. The number of carboxylic acids is 1. The molecule has 0 radical (unpaired) electrons. The molecule has 1 atom stereocenters. The van der Waals surface area contributed by atoms with Crippen LogP contribution in [0.4, 0.5) is 0 Å². The molecule has 0 rings (SSSR count). The van der Waals surface area contributed by atoms with E-state index in [2.05, 4.69) is 0 Å². The molecule has 0 aromatic rings. The minimum absolute atomic E-state index is 0.608. The predicted molar refractivity (Wildman–Crippen MR) is 42.9 cm³/mol. The standard InChI is InChI=1S/C5H12NO6P/c1-4(7)6(2-5(8)9)3-13(10,11)12/h4,7H,2-3H2,1H3,(H,8,9)(H2,10,11,12). The van der Waals surface area contributed by atoms with Gasteiger partial charge in [-0.25, -0.2) is 0 Å². The SMILES string of the molecule is CC(O)N(CC(=O)O)CP(=O)(O)O. The van der Waals surface area contributed by atoms with E-state index in [-0.39, 0.29) is 0 Å². The Morgan fingerprint density at radius 1 is 1.54 bits per heavy atom. The molecule has 0 heterocycles. The zero-order chi connectivity index (χ0) is 10.6. The smallest absolute Gasteiger partial charge is 0.339 e. The van der Waals surface area contributed by atoms with Gasteiger partial charge in [-0.15, -0.1) is 0 Å². The number of aliphatic hydroxyl groups is 1. The maximum absolute atomic E-state index is 10.5. The van der Waals surface area contributed by atoms with Gasteiger partial charge in [0.25, 0.3) is 0 Å². The summed E-state index contributed by atoms with van der Waals surface area (Å²) < 4.78 is 10.5. The normalized spacial score (nSPS) is 14.5. The Morgan fingerprint density at radius 2 is 2.00 bits per heavy atom. The lowest BCUT2D eigenvalue weighted by molar-refractivity contribution is -0.140. The fourth-order valence-electron chi connectivity index (χ4n) is 0.711. The van der Waals surface area contributed by atoms with Crippen molar-refractivity contribution < 1.29 is 29.4 Å². The molecule has 0 spiro atoms. The van der Waals surface area contributed by atoms with Gasteiger partial charge < -0.3 is 20.0 Å². The van der Waals surface area contributed by atoms with Crippen LogP contribution in [0.2, 0.25) is 0 Å². The van der Waals surface area contributed by atoms with Crippen LogP contribution in [0.1, 0.15) is 6.92 Å². The predicted octanol–water partition coefficient (Wildman–Crippen LogP) is -1.15. The highest BCUT2D eigenvalue weighted by Crippen LogP contribution is 2.35. The molecule has 1 unspecified atom stereocenters. The van der Waals surface area contributed by atoms with Crippen LogP contribution >= 0.6 is 7.60 Å². The average Bonchev–Trinajstić information content (AvgIpc) is 1.81. The Morgan fingerprint density at radius 3 is 2.23 bits per heavy atom. The lowest BCUT2D eigenvalue weighted by atomic mass is 10.5. The summed E-state index contributed by atoms with van der Waals surface area (Å²) in [5.74, 6) is -1.26. The third-order valence-corrected chi connectivity index (χ3v) is 1.96. The summed E-state index contributed by atoms with van der Waals surface area (Å²) in [6.07, 6.45) is -1.97. The molecule has 0 fully saturated rings. The number of hydrogen-bond donors (Lipinski definition) is 4. The molecule has 0 saturated heterocycles. The Labute approximate surface area is 74.8 Å². The fourth-order valence-corrected chi connectivity index (χ4v) is 1.52. The first kappa shape index (κ1) is 12.5. The first-order valence-corrected chi connectivity index (χ1v) is 5.20. The van der Waals surface area contributed by atoms with Crippen LogP contribution in [-0.2, 0) is 9.36 Å². The van der Waals surface area contributed by atoms with Crippen molar-refractivity contribution in [1.29, 1.82) is 0 Å². The molecular weight excluding hydrogens is 201 g/mol. The van der Waals surface area contributed by atoms with Crippen molar-refractivity contribution in [3.05, 3.63) is 0 Å². The van der Waals surface area contributed by atoms with E-state index in [0.29, 0.717) is 0 Å². The molecular formula is C5H12NO6P. The van der Waals surface area contributed by atoms with Crippen molar-refractivity contribution >= 4 is 13.6 Å². The molecule has 7 nitrogen and oxygen atoms in total. The summed E-state index contributed by atoms with van der Waals surface area (Å²) in [4.78, 5) is 28.0. The van der Waals surface area contributed by atoms with Crippen molar-refractivity contribution in [3.8, 4) is 0 Å². The van der Waals surface area contributed by atoms with Crippen LogP contribution in [-0.4, -0.2) is 49.9 Å². The van der Waals surface area contributed by atoms with Crippen molar-refractivity contribution in [2.75, 3.05) is 12.8 Å². The molecule has 0 aromatic carbocycles. The van der Waals surface area contributed by atoms with E-state index in [1.165, 1.54) is 6.92 Å². The van der Waals surface area contributed by atoms with E-state index >= 15 is 0 Å². The number of carbonyl (C=O) groups is 1. The zero-order valence-corrected chi connectivity index (χ0v) is 7.89. The first-order chi connectivity index (χ1) is 5.72. The van der Waals surface area contributed by atoms with Crippen LogP contribution in [0, 0.1) is 0 Å². The molecule has 78 valence electrons. The highest BCUT2D eigenvalue weighted by molar-refractivity contribution is 7.51. The lowest BCUT2D eigenvalue weighted by Gasteiger charge is -2.23. The lowest BCUT2D eigenvalue weighted by Crippen LogP contribution is -2.37. The number of hydrogen-bond acceptors (Lipinski definition) is 4. The van der Waals surface area contributed by atoms with Crippen LogP contribution in [0.25, 0.3) is 0 Å². The van der Waals surface area contributed by atoms with Crippen molar-refractivity contribution in [2.45, 2.75) is 13.2 Å². The summed E-state index contributed by atoms with van der Waals surface area (Å²) in [6.45, 7) is 0.626. The molecule has 4 N–H and O–H groups in total. The van der Waals surface area contributed by atoms with Crippen molar-refractivity contribution in [3.63, 3.8) is 0 Å². The quantitative estimate of drug-likeness (QED) is 0.336. The summed E-state index contributed by atoms with van der Waals surface area (Å²) in [6, 6.07) is 0. The Kier molecular flexibility index (Phi) is 4.52. The molecule has 0 bridgehead atoms. The van der Waals surface area contributed by atoms with E-state index in [1.807, 2.05) is 0 Å². The highest BCUT2D eigenvalue weighted by atomic mass is 31.2. The van der Waals surface area contributed by atoms with E-state index < -0.39 is 32.6 Å². The first-order valence-electron chi connectivity index (χ1n) is 3.41. The van der Waals surface area contributed by atoms with Crippen molar-refractivity contribution in [1.82, 2.24) is 4.90 Å². The van der Waals surface area contributed by atoms with Gasteiger partial charge in [0.2, 0.25) is 0 Å². The van der Waals surface area contributed by atoms with E-state index in [1.54, 1.807) is 0 Å².